The van der Waals surface area contributed by atoms with Gasteiger partial charge in [0.15, 0.2) is 0 Å². The molecule has 0 aliphatic carbocycles. The fourth-order valence-corrected chi connectivity index (χ4v) is 2.86. The molecule has 2 heterocycles. The third-order valence-corrected chi connectivity index (χ3v) is 3.98. The van der Waals surface area contributed by atoms with Gasteiger partial charge in [0.2, 0.25) is 0 Å². The van der Waals surface area contributed by atoms with E-state index in [-0.39, 0.29) is 12.4 Å². The number of hydrogen-bond donors (Lipinski definition) is 3. The monoisotopic (exact) mass is 344 g/mol. The van der Waals surface area contributed by atoms with Gasteiger partial charge in [-0.1, -0.05) is 0 Å². The zero-order valence-electron chi connectivity index (χ0n) is 11.9. The van der Waals surface area contributed by atoms with Crippen molar-refractivity contribution in [1.29, 1.82) is 0 Å². The number of nitrogens with one attached hydrogen (secondary N) is 2. The van der Waals surface area contributed by atoms with Gasteiger partial charge in [-0.2, -0.15) is 0 Å². The van der Waals surface area contributed by atoms with Crippen LogP contribution in [0.1, 0.15) is 23.7 Å². The number of hydrogen-bond acceptors (Lipinski definition) is 3. The van der Waals surface area contributed by atoms with Crippen molar-refractivity contribution in [1.82, 2.24) is 10.3 Å². The van der Waals surface area contributed by atoms with Crippen molar-refractivity contribution in [3.05, 3.63) is 29.5 Å². The lowest BCUT2D eigenvalue weighted by atomic mass is 9.99. The Kier molecular flexibility index (Phi) is 5.56. The lowest BCUT2D eigenvalue weighted by molar-refractivity contribution is -0.139. The summed E-state index contributed by atoms with van der Waals surface area (Å²) in [6, 6.07) is 5.13. The van der Waals surface area contributed by atoms with Crippen LogP contribution < -0.4 is 10.1 Å². The Morgan fingerprint density at radius 3 is 3.00 bits per heavy atom. The molecule has 0 fully saturated rings. The zero-order chi connectivity index (χ0) is 14.8. The maximum atomic E-state index is 11.3. The molecule has 0 saturated heterocycles. The highest BCUT2D eigenvalue weighted by molar-refractivity contribution is 6.17. The number of alkyl halides is 1. The van der Waals surface area contributed by atoms with Crippen molar-refractivity contribution in [2.75, 3.05) is 19.0 Å². The maximum Gasteiger partial charge on any atom is 0.326 e. The van der Waals surface area contributed by atoms with Gasteiger partial charge in [0, 0.05) is 29.0 Å². The van der Waals surface area contributed by atoms with E-state index in [1.54, 1.807) is 0 Å². The van der Waals surface area contributed by atoms with Crippen LogP contribution in [0.15, 0.2) is 18.2 Å². The lowest BCUT2D eigenvalue weighted by Gasteiger charge is -2.20. The Balaban J connectivity index is 0.00000176. The van der Waals surface area contributed by atoms with Crippen LogP contribution in [0.5, 0.6) is 5.75 Å². The molecule has 0 amide bonds. The standard InChI is InChI=1S/C15H17ClN2O3.ClH/c16-5-1-7-21-9-2-3-12-11(8-9)10-4-6-17-14(15(19)20)13(10)18-12;/h2-3,8,14,17-18H,1,4-7H2,(H,19,20);1H. The molecule has 22 heavy (non-hydrogen) atoms. The fourth-order valence-electron chi connectivity index (χ4n) is 2.75. The number of H-pyrrole nitrogens is 1. The zero-order valence-corrected chi connectivity index (χ0v) is 13.5. The number of halogens is 2. The summed E-state index contributed by atoms with van der Waals surface area (Å²) in [6.45, 7) is 1.25. The van der Waals surface area contributed by atoms with E-state index in [1.165, 1.54) is 0 Å². The number of carboxylic acid groups (broad SMARTS) is 1. The van der Waals surface area contributed by atoms with E-state index in [1.807, 2.05) is 18.2 Å². The highest BCUT2D eigenvalue weighted by atomic mass is 35.5. The van der Waals surface area contributed by atoms with Gasteiger partial charge in [-0.05, 0) is 36.6 Å². The van der Waals surface area contributed by atoms with Crippen LogP contribution in [-0.2, 0) is 11.2 Å². The van der Waals surface area contributed by atoms with E-state index in [0.29, 0.717) is 19.0 Å². The summed E-state index contributed by atoms with van der Waals surface area (Å²) in [4.78, 5) is 14.5. The van der Waals surface area contributed by atoms with E-state index in [0.717, 1.165) is 40.8 Å². The van der Waals surface area contributed by atoms with Gasteiger partial charge in [0.05, 0.1) is 6.61 Å². The van der Waals surface area contributed by atoms with Crippen LogP contribution in [0, 0.1) is 0 Å². The second kappa shape index (κ2) is 7.22. The van der Waals surface area contributed by atoms with Gasteiger partial charge in [0.25, 0.3) is 0 Å². The molecule has 0 bridgehead atoms. The summed E-state index contributed by atoms with van der Waals surface area (Å²) < 4.78 is 5.66. The van der Waals surface area contributed by atoms with Crippen LogP contribution in [0.4, 0.5) is 0 Å². The van der Waals surface area contributed by atoms with Gasteiger partial charge in [-0.3, -0.25) is 10.1 Å². The minimum atomic E-state index is -0.860. The summed E-state index contributed by atoms with van der Waals surface area (Å²) >= 11 is 5.64. The minimum absolute atomic E-state index is 0. The van der Waals surface area contributed by atoms with Gasteiger partial charge in [-0.15, -0.1) is 24.0 Å². The molecule has 3 N–H and O–H groups in total. The van der Waals surface area contributed by atoms with Crippen LogP contribution in [0.3, 0.4) is 0 Å². The molecular formula is C15H18Cl2N2O3. The Hall–Kier alpha value is -1.43. The van der Waals surface area contributed by atoms with Crippen molar-refractivity contribution in [2.45, 2.75) is 18.9 Å². The molecule has 7 heteroatoms. The molecule has 1 unspecified atom stereocenters. The number of aromatic amines is 1. The van der Waals surface area contributed by atoms with E-state index in [2.05, 4.69) is 10.3 Å². The molecule has 1 aliphatic rings. The van der Waals surface area contributed by atoms with E-state index in [9.17, 15) is 9.90 Å². The highest BCUT2D eigenvalue weighted by Crippen LogP contribution is 2.32. The second-order valence-corrected chi connectivity index (χ2v) is 5.47. The van der Waals surface area contributed by atoms with Crippen LogP contribution in [-0.4, -0.2) is 35.1 Å². The summed E-state index contributed by atoms with van der Waals surface area (Å²) in [7, 11) is 0. The quantitative estimate of drug-likeness (QED) is 0.575. The molecule has 120 valence electrons. The van der Waals surface area contributed by atoms with Crippen LogP contribution in [0.25, 0.3) is 10.9 Å². The molecule has 1 aliphatic heterocycles. The molecule has 0 spiro atoms. The number of rotatable bonds is 5. The van der Waals surface area contributed by atoms with Crippen molar-refractivity contribution in [3.8, 4) is 5.75 Å². The topological polar surface area (TPSA) is 74.4 Å². The van der Waals surface area contributed by atoms with Crippen LogP contribution in [0.2, 0.25) is 0 Å². The summed E-state index contributed by atoms with van der Waals surface area (Å²) in [5.41, 5.74) is 2.76. The number of carboxylic acids is 1. The summed E-state index contributed by atoms with van der Waals surface area (Å²) in [5.74, 6) is 0.509. The second-order valence-electron chi connectivity index (χ2n) is 5.09. The number of ether oxygens (including phenoxy) is 1. The molecule has 3 rings (SSSR count). The van der Waals surface area contributed by atoms with E-state index in [4.69, 9.17) is 16.3 Å². The number of fused-ring (bicyclic) bond motifs is 3. The average molecular weight is 345 g/mol. The molecule has 1 aromatic carbocycles. The highest BCUT2D eigenvalue weighted by Gasteiger charge is 2.28. The summed E-state index contributed by atoms with van der Waals surface area (Å²) in [6.07, 6.45) is 1.61. The molecule has 2 aromatic rings. The Morgan fingerprint density at radius 1 is 1.45 bits per heavy atom. The minimum Gasteiger partial charge on any atom is -0.494 e. The van der Waals surface area contributed by atoms with E-state index < -0.39 is 12.0 Å². The molecule has 0 radical (unpaired) electrons. The Bertz CT molecular complexity index is 672. The number of benzene rings is 1. The van der Waals surface area contributed by atoms with Crippen molar-refractivity contribution < 1.29 is 14.6 Å². The normalized spacial score (nSPS) is 16.9. The average Bonchev–Trinajstić information content (AvgIpc) is 2.85. The van der Waals surface area contributed by atoms with Gasteiger partial charge in [-0.25, -0.2) is 0 Å². The molecule has 5 nitrogen and oxygen atoms in total. The molecule has 0 saturated carbocycles. The van der Waals surface area contributed by atoms with Crippen LogP contribution >= 0.6 is 24.0 Å². The lowest BCUT2D eigenvalue weighted by Crippen LogP contribution is -2.34. The maximum absolute atomic E-state index is 11.3. The Morgan fingerprint density at radius 2 is 2.27 bits per heavy atom. The SMILES string of the molecule is Cl.O=C(O)C1NCCc2c1[nH]c1ccc(OCCCCl)cc21. The molecular weight excluding hydrogens is 327 g/mol. The number of carbonyl (C=O) groups is 1. The smallest absolute Gasteiger partial charge is 0.326 e. The number of aromatic nitrogens is 1. The molecule has 1 atom stereocenters. The van der Waals surface area contributed by atoms with Gasteiger partial charge in [0.1, 0.15) is 11.8 Å². The molecule has 1 aromatic heterocycles. The largest absolute Gasteiger partial charge is 0.494 e. The van der Waals surface area contributed by atoms with Crippen molar-refractivity contribution >= 4 is 40.9 Å². The third-order valence-electron chi connectivity index (χ3n) is 3.72. The predicted octanol–water partition coefficient (Wildman–Crippen LogP) is 2.87. The van der Waals surface area contributed by atoms with Gasteiger partial charge >= 0.3 is 5.97 Å². The first kappa shape index (κ1) is 16.9. The predicted molar refractivity (Wildman–Crippen MR) is 88.5 cm³/mol. The van der Waals surface area contributed by atoms with Crippen molar-refractivity contribution in [3.63, 3.8) is 0 Å². The number of aliphatic carboxylic acids is 1. The summed E-state index contributed by atoms with van der Waals surface area (Å²) in [5, 5.41) is 13.3. The van der Waals surface area contributed by atoms with Gasteiger partial charge < -0.3 is 14.8 Å². The fraction of sp³-hybridized carbons (Fsp3) is 0.400. The van der Waals surface area contributed by atoms with Crippen molar-refractivity contribution in [2.24, 2.45) is 0 Å². The Labute approximate surface area is 139 Å². The first-order valence-corrected chi connectivity index (χ1v) is 7.53. The third kappa shape index (κ3) is 3.16. The first-order valence-electron chi connectivity index (χ1n) is 7.00. The van der Waals surface area contributed by atoms with E-state index >= 15 is 0 Å². The first-order chi connectivity index (χ1) is 10.2.